The summed E-state index contributed by atoms with van der Waals surface area (Å²) in [6.07, 6.45) is 1.02. The molecule has 2 unspecified atom stereocenters. The van der Waals surface area contributed by atoms with Crippen molar-refractivity contribution in [1.82, 2.24) is 10.6 Å². The van der Waals surface area contributed by atoms with Crippen LogP contribution in [-0.2, 0) is 19.0 Å². The van der Waals surface area contributed by atoms with Gasteiger partial charge in [-0.1, -0.05) is 6.92 Å². The minimum atomic E-state index is -0.743. The van der Waals surface area contributed by atoms with Gasteiger partial charge in [0.15, 0.2) is 6.29 Å². The van der Waals surface area contributed by atoms with Gasteiger partial charge in [0.2, 0.25) is 5.91 Å². The lowest BCUT2D eigenvalue weighted by molar-refractivity contribution is -0.181. The number of alkyl carbamates (subject to hydrolysis) is 1. The topological polar surface area (TPSA) is 106 Å². The van der Waals surface area contributed by atoms with Gasteiger partial charge in [0.1, 0.15) is 6.61 Å². The second-order valence-corrected chi connectivity index (χ2v) is 5.62. The first kappa shape index (κ1) is 22.0. The van der Waals surface area contributed by atoms with Crippen molar-refractivity contribution in [3.05, 3.63) is 0 Å². The SMILES string of the molecule is CCC(CO)OC(COC(=O)NCCC(=O)NCCSC)OC. The predicted molar refractivity (Wildman–Crippen MR) is 88.4 cm³/mol. The molecule has 2 atom stereocenters. The third kappa shape index (κ3) is 12.1. The highest BCUT2D eigenvalue weighted by Gasteiger charge is 2.16. The summed E-state index contributed by atoms with van der Waals surface area (Å²) in [6, 6.07) is 0. The van der Waals surface area contributed by atoms with Crippen molar-refractivity contribution in [3.8, 4) is 0 Å². The van der Waals surface area contributed by atoms with Gasteiger partial charge in [-0.3, -0.25) is 4.79 Å². The Morgan fingerprint density at radius 2 is 2.00 bits per heavy atom. The Balaban J connectivity index is 3.81. The molecule has 0 spiro atoms. The number of aliphatic hydroxyl groups is 1. The molecular formula is C14H28N2O6S. The van der Waals surface area contributed by atoms with E-state index in [0.29, 0.717) is 13.0 Å². The van der Waals surface area contributed by atoms with Gasteiger partial charge in [0, 0.05) is 32.4 Å². The zero-order valence-corrected chi connectivity index (χ0v) is 14.8. The Morgan fingerprint density at radius 3 is 2.57 bits per heavy atom. The van der Waals surface area contributed by atoms with Gasteiger partial charge >= 0.3 is 6.09 Å². The number of methoxy groups -OCH3 is 1. The van der Waals surface area contributed by atoms with Crippen LogP contribution in [0.15, 0.2) is 0 Å². The predicted octanol–water partition coefficient (Wildman–Crippen LogP) is 0.342. The first-order chi connectivity index (χ1) is 11.1. The summed E-state index contributed by atoms with van der Waals surface area (Å²) < 4.78 is 15.4. The van der Waals surface area contributed by atoms with Gasteiger partial charge in [-0.05, 0) is 12.7 Å². The number of carbonyl (C=O) groups excluding carboxylic acids is 2. The lowest BCUT2D eigenvalue weighted by Crippen LogP contribution is -2.35. The molecule has 0 aromatic heterocycles. The van der Waals surface area contributed by atoms with E-state index in [1.54, 1.807) is 11.8 Å². The van der Waals surface area contributed by atoms with Crippen LogP contribution in [0.25, 0.3) is 0 Å². The number of carbonyl (C=O) groups is 2. The van der Waals surface area contributed by atoms with Crippen LogP contribution in [0.1, 0.15) is 19.8 Å². The maximum absolute atomic E-state index is 11.5. The quantitative estimate of drug-likeness (QED) is 0.324. The van der Waals surface area contributed by atoms with E-state index in [4.69, 9.17) is 19.3 Å². The molecule has 0 saturated heterocycles. The zero-order chi connectivity index (χ0) is 17.5. The van der Waals surface area contributed by atoms with Crippen LogP contribution >= 0.6 is 11.8 Å². The van der Waals surface area contributed by atoms with Gasteiger partial charge in [0.05, 0.1) is 12.7 Å². The summed E-state index contributed by atoms with van der Waals surface area (Å²) in [7, 11) is 1.43. The largest absolute Gasteiger partial charge is 0.444 e. The van der Waals surface area contributed by atoms with E-state index in [2.05, 4.69) is 10.6 Å². The van der Waals surface area contributed by atoms with Gasteiger partial charge < -0.3 is 30.0 Å². The van der Waals surface area contributed by atoms with Gasteiger partial charge in [-0.15, -0.1) is 0 Å². The smallest absolute Gasteiger partial charge is 0.407 e. The molecule has 0 rings (SSSR count). The van der Waals surface area contributed by atoms with Crippen molar-refractivity contribution in [2.24, 2.45) is 0 Å². The number of hydrogen-bond donors (Lipinski definition) is 3. The highest BCUT2D eigenvalue weighted by atomic mass is 32.2. The molecule has 0 radical (unpaired) electrons. The molecule has 9 heteroatoms. The monoisotopic (exact) mass is 352 g/mol. The first-order valence-corrected chi connectivity index (χ1v) is 8.92. The maximum Gasteiger partial charge on any atom is 0.407 e. The number of hydrogen-bond acceptors (Lipinski definition) is 7. The third-order valence-electron chi connectivity index (χ3n) is 2.87. The summed E-state index contributed by atoms with van der Waals surface area (Å²) in [6.45, 7) is 2.44. The Morgan fingerprint density at radius 1 is 1.26 bits per heavy atom. The fourth-order valence-corrected chi connectivity index (χ4v) is 1.81. The molecule has 0 aliphatic carbocycles. The summed E-state index contributed by atoms with van der Waals surface area (Å²) in [5.74, 6) is 0.734. The van der Waals surface area contributed by atoms with Crippen LogP contribution in [0.3, 0.4) is 0 Å². The molecule has 8 nitrogen and oxygen atoms in total. The van der Waals surface area contributed by atoms with E-state index in [9.17, 15) is 9.59 Å². The van der Waals surface area contributed by atoms with Crippen LogP contribution in [0.4, 0.5) is 4.79 Å². The van der Waals surface area contributed by atoms with Crippen molar-refractivity contribution in [2.45, 2.75) is 32.2 Å². The zero-order valence-electron chi connectivity index (χ0n) is 14.0. The van der Waals surface area contributed by atoms with E-state index < -0.39 is 12.4 Å². The number of ether oxygens (including phenoxy) is 3. The molecule has 0 fully saturated rings. The summed E-state index contributed by atoms with van der Waals surface area (Å²) in [5.41, 5.74) is 0. The number of amides is 2. The van der Waals surface area contributed by atoms with Crippen LogP contribution in [0, 0.1) is 0 Å². The molecule has 0 bridgehead atoms. The minimum absolute atomic E-state index is 0.0985. The summed E-state index contributed by atoms with van der Waals surface area (Å²) in [4.78, 5) is 22.9. The Kier molecular flexibility index (Phi) is 13.9. The molecule has 23 heavy (non-hydrogen) atoms. The molecule has 0 aliphatic heterocycles. The average Bonchev–Trinajstić information content (AvgIpc) is 2.55. The summed E-state index contributed by atoms with van der Waals surface area (Å²) in [5, 5.41) is 14.3. The van der Waals surface area contributed by atoms with E-state index in [-0.39, 0.29) is 38.2 Å². The van der Waals surface area contributed by atoms with Crippen molar-refractivity contribution >= 4 is 23.8 Å². The Hall–Kier alpha value is -1.03. The first-order valence-electron chi connectivity index (χ1n) is 7.52. The van der Waals surface area contributed by atoms with Crippen LogP contribution in [0.5, 0.6) is 0 Å². The van der Waals surface area contributed by atoms with Gasteiger partial charge in [-0.25, -0.2) is 4.79 Å². The lowest BCUT2D eigenvalue weighted by Gasteiger charge is -2.21. The van der Waals surface area contributed by atoms with Crippen LogP contribution in [-0.4, -0.2) is 74.9 Å². The van der Waals surface area contributed by atoms with Crippen molar-refractivity contribution in [3.63, 3.8) is 0 Å². The van der Waals surface area contributed by atoms with E-state index in [1.807, 2.05) is 13.2 Å². The number of nitrogens with one attached hydrogen (secondary N) is 2. The normalized spacial score (nSPS) is 13.2. The molecule has 0 aromatic carbocycles. The fraction of sp³-hybridized carbons (Fsp3) is 0.857. The van der Waals surface area contributed by atoms with Crippen molar-refractivity contribution in [1.29, 1.82) is 0 Å². The number of aliphatic hydroxyl groups excluding tert-OH is 1. The lowest BCUT2D eigenvalue weighted by atomic mass is 10.3. The van der Waals surface area contributed by atoms with E-state index in [0.717, 1.165) is 5.75 Å². The van der Waals surface area contributed by atoms with Crippen molar-refractivity contribution in [2.75, 3.05) is 45.4 Å². The number of rotatable bonds is 13. The molecule has 0 aliphatic rings. The number of thioether (sulfide) groups is 1. The fourth-order valence-electron chi connectivity index (χ4n) is 1.50. The maximum atomic E-state index is 11.5. The van der Waals surface area contributed by atoms with Gasteiger partial charge in [-0.2, -0.15) is 11.8 Å². The van der Waals surface area contributed by atoms with Crippen LogP contribution in [0.2, 0.25) is 0 Å². The molecule has 136 valence electrons. The van der Waals surface area contributed by atoms with Crippen molar-refractivity contribution < 1.29 is 28.9 Å². The summed E-state index contributed by atoms with van der Waals surface area (Å²) >= 11 is 1.65. The Labute approximate surface area is 141 Å². The standard InChI is InChI=1S/C14H28N2O6S/c1-4-11(9-17)22-13(20-2)10-21-14(19)16-6-5-12(18)15-7-8-23-3/h11,13,17H,4-10H2,1-3H3,(H,15,18)(H,16,19). The van der Waals surface area contributed by atoms with Crippen LogP contribution < -0.4 is 10.6 Å². The van der Waals surface area contributed by atoms with Gasteiger partial charge in [0.25, 0.3) is 0 Å². The highest BCUT2D eigenvalue weighted by molar-refractivity contribution is 7.98. The molecule has 0 heterocycles. The molecule has 3 N–H and O–H groups in total. The third-order valence-corrected chi connectivity index (χ3v) is 3.48. The van der Waals surface area contributed by atoms with E-state index in [1.165, 1.54) is 7.11 Å². The average molecular weight is 352 g/mol. The second kappa shape index (κ2) is 14.6. The second-order valence-electron chi connectivity index (χ2n) is 4.63. The molecule has 2 amide bonds. The molecular weight excluding hydrogens is 324 g/mol. The minimum Gasteiger partial charge on any atom is -0.444 e. The molecule has 0 saturated carbocycles. The Bertz CT molecular complexity index is 328. The highest BCUT2D eigenvalue weighted by Crippen LogP contribution is 2.04. The van der Waals surface area contributed by atoms with E-state index >= 15 is 0 Å². The molecule has 0 aromatic rings.